The lowest BCUT2D eigenvalue weighted by atomic mass is 10.1. The van der Waals surface area contributed by atoms with Crippen LogP contribution < -0.4 is 5.73 Å². The van der Waals surface area contributed by atoms with Gasteiger partial charge in [0.05, 0.1) is 4.92 Å². The molecule has 0 aliphatic rings. The zero-order valence-electron chi connectivity index (χ0n) is 6.60. The molecule has 0 fully saturated rings. The summed E-state index contributed by atoms with van der Waals surface area (Å²) < 4.78 is 0. The average molecular weight is 184 g/mol. The molecule has 0 unspecified atom stereocenters. The van der Waals surface area contributed by atoms with Crippen molar-refractivity contribution in [2.24, 2.45) is 5.73 Å². The van der Waals surface area contributed by atoms with Crippen LogP contribution in [0.4, 0.5) is 5.69 Å². The third-order valence-electron chi connectivity index (χ3n) is 1.59. The van der Waals surface area contributed by atoms with E-state index in [1.165, 1.54) is 0 Å². The van der Waals surface area contributed by atoms with E-state index in [4.69, 9.17) is 15.9 Å². The summed E-state index contributed by atoms with van der Waals surface area (Å²) in [5, 5.41) is 28.5. The van der Waals surface area contributed by atoms with Gasteiger partial charge >= 0.3 is 5.69 Å². The van der Waals surface area contributed by atoms with Crippen molar-refractivity contribution >= 4 is 5.69 Å². The Morgan fingerprint density at radius 1 is 1.38 bits per heavy atom. The summed E-state index contributed by atoms with van der Waals surface area (Å²) in [6.07, 6.45) is 0. The van der Waals surface area contributed by atoms with Crippen molar-refractivity contribution in [1.82, 2.24) is 0 Å². The van der Waals surface area contributed by atoms with E-state index in [1.807, 2.05) is 0 Å². The second kappa shape index (κ2) is 3.28. The fourth-order valence-electron chi connectivity index (χ4n) is 0.919. The Labute approximate surface area is 73.4 Å². The molecule has 1 rings (SSSR count). The van der Waals surface area contributed by atoms with Gasteiger partial charge in [0.15, 0.2) is 5.75 Å². The highest BCUT2D eigenvalue weighted by atomic mass is 16.6. The smallest absolute Gasteiger partial charge is 0.311 e. The van der Waals surface area contributed by atoms with Crippen molar-refractivity contribution in [3.8, 4) is 11.5 Å². The topological polar surface area (TPSA) is 110 Å². The van der Waals surface area contributed by atoms with Gasteiger partial charge in [-0.05, 0) is 0 Å². The molecule has 6 nitrogen and oxygen atoms in total. The number of phenolic OH excluding ortho intramolecular Hbond substituents is 2. The van der Waals surface area contributed by atoms with Gasteiger partial charge in [-0.25, -0.2) is 0 Å². The molecule has 0 amide bonds. The van der Waals surface area contributed by atoms with E-state index in [9.17, 15) is 10.1 Å². The van der Waals surface area contributed by atoms with E-state index >= 15 is 0 Å². The van der Waals surface area contributed by atoms with Gasteiger partial charge in [-0.2, -0.15) is 0 Å². The Morgan fingerprint density at radius 3 is 2.46 bits per heavy atom. The predicted molar refractivity (Wildman–Crippen MR) is 44.3 cm³/mol. The number of nitrogens with two attached hydrogens (primary N) is 1. The Morgan fingerprint density at radius 2 is 2.00 bits per heavy atom. The maximum atomic E-state index is 10.3. The van der Waals surface area contributed by atoms with Gasteiger partial charge in [0.2, 0.25) is 0 Å². The quantitative estimate of drug-likeness (QED) is 0.457. The number of hydrogen-bond donors (Lipinski definition) is 3. The largest absolute Gasteiger partial charge is 0.507 e. The van der Waals surface area contributed by atoms with Crippen molar-refractivity contribution in [3.05, 3.63) is 27.8 Å². The van der Waals surface area contributed by atoms with Crippen LogP contribution in [-0.2, 0) is 6.54 Å². The highest BCUT2D eigenvalue weighted by Crippen LogP contribution is 2.32. The van der Waals surface area contributed by atoms with Crippen LogP contribution in [-0.4, -0.2) is 15.1 Å². The van der Waals surface area contributed by atoms with Crippen LogP contribution in [0.5, 0.6) is 11.5 Å². The monoisotopic (exact) mass is 184 g/mol. The van der Waals surface area contributed by atoms with Crippen LogP contribution in [0.25, 0.3) is 0 Å². The van der Waals surface area contributed by atoms with Crippen LogP contribution in [0, 0.1) is 10.1 Å². The van der Waals surface area contributed by atoms with Crippen LogP contribution in [0.1, 0.15) is 5.56 Å². The first kappa shape index (κ1) is 9.27. The first-order valence-corrected chi connectivity index (χ1v) is 3.45. The van der Waals surface area contributed by atoms with E-state index in [2.05, 4.69) is 0 Å². The summed E-state index contributed by atoms with van der Waals surface area (Å²) in [5.41, 5.74) is 4.97. The summed E-state index contributed by atoms with van der Waals surface area (Å²) >= 11 is 0. The van der Waals surface area contributed by atoms with Crippen molar-refractivity contribution in [2.45, 2.75) is 6.54 Å². The number of nitrogens with zero attached hydrogens (tertiary/aromatic N) is 1. The van der Waals surface area contributed by atoms with Crippen molar-refractivity contribution in [3.63, 3.8) is 0 Å². The molecule has 0 saturated heterocycles. The normalized spacial score (nSPS) is 9.92. The molecule has 0 saturated carbocycles. The molecule has 0 aliphatic carbocycles. The minimum Gasteiger partial charge on any atom is -0.507 e. The number of hydrogen-bond acceptors (Lipinski definition) is 5. The van der Waals surface area contributed by atoms with Gasteiger partial charge in [0.25, 0.3) is 0 Å². The third kappa shape index (κ3) is 1.67. The molecule has 13 heavy (non-hydrogen) atoms. The highest BCUT2D eigenvalue weighted by Gasteiger charge is 2.16. The van der Waals surface area contributed by atoms with Gasteiger partial charge < -0.3 is 15.9 Å². The molecule has 0 atom stereocenters. The van der Waals surface area contributed by atoms with E-state index in [1.54, 1.807) is 0 Å². The highest BCUT2D eigenvalue weighted by molar-refractivity contribution is 5.53. The van der Waals surface area contributed by atoms with Gasteiger partial charge in [0, 0.05) is 24.2 Å². The first-order valence-electron chi connectivity index (χ1n) is 3.45. The van der Waals surface area contributed by atoms with Crippen LogP contribution in [0.3, 0.4) is 0 Å². The minimum absolute atomic E-state index is 0.0209. The van der Waals surface area contributed by atoms with E-state index in [0.29, 0.717) is 0 Å². The summed E-state index contributed by atoms with van der Waals surface area (Å²) in [4.78, 5) is 9.58. The Bertz CT molecular complexity index is 351. The molecule has 1 aromatic rings. The zero-order chi connectivity index (χ0) is 10.0. The molecule has 0 aromatic heterocycles. The van der Waals surface area contributed by atoms with Gasteiger partial charge in [-0.15, -0.1) is 0 Å². The fourth-order valence-corrected chi connectivity index (χ4v) is 0.919. The molecular weight excluding hydrogens is 176 g/mol. The summed E-state index contributed by atoms with van der Waals surface area (Å²) in [5.74, 6) is -0.815. The van der Waals surface area contributed by atoms with Crippen molar-refractivity contribution in [1.29, 1.82) is 0 Å². The second-order valence-electron chi connectivity index (χ2n) is 2.43. The summed E-state index contributed by atoms with van der Waals surface area (Å²) in [7, 11) is 0. The number of phenols is 2. The fraction of sp³-hybridized carbons (Fsp3) is 0.143. The van der Waals surface area contributed by atoms with Gasteiger partial charge in [0.1, 0.15) is 5.75 Å². The molecule has 4 N–H and O–H groups in total. The van der Waals surface area contributed by atoms with Crippen molar-refractivity contribution in [2.75, 3.05) is 0 Å². The number of aromatic hydroxyl groups is 2. The molecule has 0 bridgehead atoms. The predicted octanol–water partition coefficient (Wildman–Crippen LogP) is 0.465. The second-order valence-corrected chi connectivity index (χ2v) is 2.43. The summed E-state index contributed by atoms with van der Waals surface area (Å²) in [6.45, 7) is -0.0209. The standard InChI is InChI=1S/C7H8N2O4/c8-3-4-1-5(9(12)13)7(11)2-6(4)10/h1-2,10-11H,3,8H2. The van der Waals surface area contributed by atoms with Crippen LogP contribution in [0.15, 0.2) is 12.1 Å². The van der Waals surface area contributed by atoms with Crippen LogP contribution in [0.2, 0.25) is 0 Å². The molecule has 6 heteroatoms. The summed E-state index contributed by atoms with van der Waals surface area (Å²) in [6, 6.07) is 1.95. The number of nitro benzene ring substituents is 1. The lowest BCUT2D eigenvalue weighted by molar-refractivity contribution is -0.385. The molecular formula is C7H8N2O4. The lowest BCUT2D eigenvalue weighted by Gasteiger charge is -2.02. The van der Waals surface area contributed by atoms with Gasteiger partial charge in [-0.1, -0.05) is 0 Å². The lowest BCUT2D eigenvalue weighted by Crippen LogP contribution is -1.98. The molecule has 1 aromatic carbocycles. The Kier molecular flexibility index (Phi) is 2.34. The number of rotatable bonds is 2. The average Bonchev–Trinajstić information content (AvgIpc) is 2.03. The van der Waals surface area contributed by atoms with Crippen LogP contribution >= 0.6 is 0 Å². The Hall–Kier alpha value is -1.82. The zero-order valence-corrected chi connectivity index (χ0v) is 6.60. The molecule has 0 aliphatic heterocycles. The molecule has 0 spiro atoms. The van der Waals surface area contributed by atoms with Gasteiger partial charge in [-0.3, -0.25) is 10.1 Å². The SMILES string of the molecule is NCc1cc([N+](=O)[O-])c(O)cc1O. The minimum atomic E-state index is -0.742. The third-order valence-corrected chi connectivity index (χ3v) is 1.59. The first-order chi connectivity index (χ1) is 6.06. The maximum Gasteiger partial charge on any atom is 0.311 e. The van der Waals surface area contributed by atoms with Crippen molar-refractivity contribution < 1.29 is 15.1 Å². The van der Waals surface area contributed by atoms with E-state index in [0.717, 1.165) is 12.1 Å². The number of nitro groups is 1. The molecule has 70 valence electrons. The molecule has 0 radical (unpaired) electrons. The Balaban J connectivity index is 3.30. The molecule has 0 heterocycles. The van der Waals surface area contributed by atoms with E-state index in [-0.39, 0.29) is 17.9 Å². The maximum absolute atomic E-state index is 10.3. The van der Waals surface area contributed by atoms with E-state index < -0.39 is 16.4 Å². The number of benzene rings is 1.